The number of likely N-dealkylation sites (tertiary alicyclic amines) is 1. The summed E-state index contributed by atoms with van der Waals surface area (Å²) >= 11 is 0. The fourth-order valence-electron chi connectivity index (χ4n) is 3.11. The normalized spacial score (nSPS) is 23.5. The lowest BCUT2D eigenvalue weighted by molar-refractivity contribution is -0.170. The standard InChI is InChI=1S/C15H19F3N2O/c1-11(10-21)20-8-3-2-6-13(20)14(15(16,17)18)12-5-4-7-19-9-12/h4-5,7,9-11,13-14H,2-3,6,8H2,1H3. The minimum atomic E-state index is -4.36. The molecule has 1 aromatic heterocycles. The second-order valence-electron chi connectivity index (χ2n) is 5.48. The summed E-state index contributed by atoms with van der Waals surface area (Å²) in [7, 11) is 0. The van der Waals surface area contributed by atoms with Gasteiger partial charge in [-0.3, -0.25) is 9.88 Å². The van der Waals surface area contributed by atoms with Gasteiger partial charge in [-0.15, -0.1) is 0 Å². The first-order valence-electron chi connectivity index (χ1n) is 7.13. The van der Waals surface area contributed by atoms with Gasteiger partial charge in [0.2, 0.25) is 0 Å². The van der Waals surface area contributed by atoms with E-state index in [0.29, 0.717) is 13.0 Å². The molecule has 0 aliphatic carbocycles. The van der Waals surface area contributed by atoms with Gasteiger partial charge in [0.05, 0.1) is 12.0 Å². The lowest BCUT2D eigenvalue weighted by atomic mass is 9.84. The van der Waals surface area contributed by atoms with E-state index in [4.69, 9.17) is 0 Å². The zero-order valence-corrected chi connectivity index (χ0v) is 11.9. The van der Waals surface area contributed by atoms with Crippen LogP contribution in [0.1, 0.15) is 37.7 Å². The van der Waals surface area contributed by atoms with Crippen LogP contribution >= 0.6 is 0 Å². The Labute approximate surface area is 122 Å². The average molecular weight is 300 g/mol. The monoisotopic (exact) mass is 300 g/mol. The van der Waals surface area contributed by atoms with Crippen LogP contribution in [0.5, 0.6) is 0 Å². The number of piperidine rings is 1. The second-order valence-corrected chi connectivity index (χ2v) is 5.48. The van der Waals surface area contributed by atoms with E-state index < -0.39 is 24.2 Å². The average Bonchev–Trinajstić information content (AvgIpc) is 2.47. The van der Waals surface area contributed by atoms with Gasteiger partial charge in [0.1, 0.15) is 6.29 Å². The van der Waals surface area contributed by atoms with Gasteiger partial charge in [0.15, 0.2) is 0 Å². The molecule has 6 heteroatoms. The number of halogens is 3. The van der Waals surface area contributed by atoms with Crippen LogP contribution < -0.4 is 0 Å². The lowest BCUT2D eigenvalue weighted by Crippen LogP contribution is -2.51. The number of hydrogen-bond acceptors (Lipinski definition) is 3. The molecular weight excluding hydrogens is 281 g/mol. The van der Waals surface area contributed by atoms with Gasteiger partial charge in [-0.1, -0.05) is 12.5 Å². The Morgan fingerprint density at radius 3 is 2.76 bits per heavy atom. The number of carbonyl (C=O) groups excluding carboxylic acids is 1. The van der Waals surface area contributed by atoms with E-state index in [2.05, 4.69) is 4.98 Å². The molecule has 0 aromatic carbocycles. The topological polar surface area (TPSA) is 33.2 Å². The highest BCUT2D eigenvalue weighted by atomic mass is 19.4. The number of hydrogen-bond donors (Lipinski definition) is 0. The molecule has 1 fully saturated rings. The summed E-state index contributed by atoms with van der Waals surface area (Å²) in [6, 6.07) is 1.77. The highest BCUT2D eigenvalue weighted by molar-refractivity contribution is 5.57. The summed E-state index contributed by atoms with van der Waals surface area (Å²) in [6.07, 6.45) is 1.12. The number of aldehydes is 1. The highest BCUT2D eigenvalue weighted by Crippen LogP contribution is 2.42. The Bertz CT molecular complexity index is 464. The largest absolute Gasteiger partial charge is 0.397 e. The number of nitrogens with zero attached hydrogens (tertiary/aromatic N) is 2. The minimum Gasteiger partial charge on any atom is -0.302 e. The van der Waals surface area contributed by atoms with Gasteiger partial charge >= 0.3 is 6.18 Å². The molecule has 0 N–H and O–H groups in total. The van der Waals surface area contributed by atoms with E-state index in [1.54, 1.807) is 11.8 Å². The predicted molar refractivity (Wildman–Crippen MR) is 72.9 cm³/mol. The summed E-state index contributed by atoms with van der Waals surface area (Å²) in [5.41, 5.74) is 0.167. The van der Waals surface area contributed by atoms with Gasteiger partial charge in [-0.05, 0) is 37.9 Å². The highest BCUT2D eigenvalue weighted by Gasteiger charge is 2.48. The predicted octanol–water partition coefficient (Wildman–Crippen LogP) is 3.17. The Hall–Kier alpha value is -1.43. The van der Waals surface area contributed by atoms with Crippen molar-refractivity contribution in [1.82, 2.24) is 9.88 Å². The molecule has 116 valence electrons. The zero-order chi connectivity index (χ0) is 15.5. The molecule has 0 spiro atoms. The quantitative estimate of drug-likeness (QED) is 0.801. The van der Waals surface area contributed by atoms with E-state index in [1.807, 2.05) is 0 Å². The van der Waals surface area contributed by atoms with Crippen molar-refractivity contribution in [1.29, 1.82) is 0 Å². The first kappa shape index (κ1) is 15.9. The summed E-state index contributed by atoms with van der Waals surface area (Å²) in [5, 5.41) is 0. The van der Waals surface area contributed by atoms with Crippen molar-refractivity contribution in [3.8, 4) is 0 Å². The maximum atomic E-state index is 13.6. The molecule has 3 nitrogen and oxygen atoms in total. The van der Waals surface area contributed by atoms with E-state index in [0.717, 1.165) is 19.1 Å². The van der Waals surface area contributed by atoms with Crippen LogP contribution in [0.25, 0.3) is 0 Å². The fraction of sp³-hybridized carbons (Fsp3) is 0.600. The third-order valence-electron chi connectivity index (χ3n) is 4.09. The van der Waals surface area contributed by atoms with Crippen molar-refractivity contribution in [2.75, 3.05) is 6.54 Å². The molecule has 2 rings (SSSR count). The van der Waals surface area contributed by atoms with Crippen molar-refractivity contribution in [2.24, 2.45) is 0 Å². The Kier molecular flexibility index (Phi) is 4.98. The first-order valence-corrected chi connectivity index (χ1v) is 7.13. The van der Waals surface area contributed by atoms with Crippen molar-refractivity contribution in [3.05, 3.63) is 30.1 Å². The Morgan fingerprint density at radius 1 is 1.43 bits per heavy atom. The molecule has 0 amide bonds. The van der Waals surface area contributed by atoms with Gasteiger partial charge in [-0.25, -0.2) is 0 Å². The molecule has 0 bridgehead atoms. The van der Waals surface area contributed by atoms with Gasteiger partial charge in [-0.2, -0.15) is 13.2 Å². The molecule has 3 atom stereocenters. The van der Waals surface area contributed by atoms with E-state index >= 15 is 0 Å². The van der Waals surface area contributed by atoms with E-state index in [1.165, 1.54) is 24.5 Å². The van der Waals surface area contributed by atoms with E-state index in [-0.39, 0.29) is 5.56 Å². The number of carbonyl (C=O) groups is 1. The Balaban J connectivity index is 2.37. The maximum Gasteiger partial charge on any atom is 0.397 e. The maximum absolute atomic E-state index is 13.6. The molecule has 1 aliphatic rings. The van der Waals surface area contributed by atoms with Crippen molar-refractivity contribution >= 4 is 6.29 Å². The molecule has 3 unspecified atom stereocenters. The summed E-state index contributed by atoms with van der Waals surface area (Å²) in [4.78, 5) is 16.5. The molecule has 2 heterocycles. The van der Waals surface area contributed by atoms with Crippen LogP contribution in [0.2, 0.25) is 0 Å². The SMILES string of the molecule is CC(C=O)N1CCCCC1C(c1cccnc1)C(F)(F)F. The van der Waals surface area contributed by atoms with Gasteiger partial charge in [0, 0.05) is 18.4 Å². The van der Waals surface area contributed by atoms with Crippen LogP contribution in [0.4, 0.5) is 13.2 Å². The van der Waals surface area contributed by atoms with Crippen LogP contribution in [0.15, 0.2) is 24.5 Å². The van der Waals surface area contributed by atoms with Crippen LogP contribution in [0, 0.1) is 0 Å². The summed E-state index contributed by atoms with van der Waals surface area (Å²) < 4.78 is 40.8. The zero-order valence-electron chi connectivity index (χ0n) is 11.9. The molecule has 1 saturated heterocycles. The van der Waals surface area contributed by atoms with Crippen LogP contribution in [0.3, 0.4) is 0 Å². The smallest absolute Gasteiger partial charge is 0.302 e. The second kappa shape index (κ2) is 6.56. The van der Waals surface area contributed by atoms with Crippen molar-refractivity contribution in [3.63, 3.8) is 0 Å². The fourth-order valence-corrected chi connectivity index (χ4v) is 3.11. The third-order valence-corrected chi connectivity index (χ3v) is 4.09. The number of pyridine rings is 1. The van der Waals surface area contributed by atoms with Crippen LogP contribution in [-0.2, 0) is 4.79 Å². The van der Waals surface area contributed by atoms with Gasteiger partial charge in [0.25, 0.3) is 0 Å². The van der Waals surface area contributed by atoms with Gasteiger partial charge < -0.3 is 4.79 Å². The molecular formula is C15H19F3N2O. The van der Waals surface area contributed by atoms with Crippen molar-refractivity contribution in [2.45, 2.75) is 50.4 Å². The molecule has 21 heavy (non-hydrogen) atoms. The number of aromatic nitrogens is 1. The van der Waals surface area contributed by atoms with Crippen molar-refractivity contribution < 1.29 is 18.0 Å². The summed E-state index contributed by atoms with van der Waals surface area (Å²) in [5.74, 6) is -1.60. The molecule has 1 aliphatic heterocycles. The Morgan fingerprint density at radius 2 is 2.19 bits per heavy atom. The number of alkyl halides is 3. The molecule has 0 radical (unpaired) electrons. The first-order chi connectivity index (χ1) is 9.95. The summed E-state index contributed by atoms with van der Waals surface area (Å²) in [6.45, 7) is 2.18. The minimum absolute atomic E-state index is 0.167. The molecule has 0 saturated carbocycles. The third kappa shape index (κ3) is 3.61. The van der Waals surface area contributed by atoms with Crippen LogP contribution in [-0.4, -0.2) is 41.0 Å². The lowest BCUT2D eigenvalue weighted by Gasteiger charge is -2.42. The number of rotatable bonds is 4. The molecule has 1 aromatic rings. The van der Waals surface area contributed by atoms with E-state index in [9.17, 15) is 18.0 Å².